The molecule has 1 unspecified atom stereocenters. The number of nitrogens with zero attached hydrogens (tertiary/aromatic N) is 4. The normalized spacial score (nSPS) is 20.9. The first-order valence-electron chi connectivity index (χ1n) is 21.4. The van der Waals surface area contributed by atoms with Gasteiger partial charge in [0.15, 0.2) is 0 Å². The number of carbonyl (C=O) groups is 4. The third-order valence-corrected chi connectivity index (χ3v) is 12.8. The number of nitrogens with one attached hydrogen (secondary N) is 4. The summed E-state index contributed by atoms with van der Waals surface area (Å²) < 4.78 is 9.70. The molecule has 4 amide bonds. The molecule has 5 aromatic rings. The van der Waals surface area contributed by atoms with Crippen molar-refractivity contribution in [3.63, 3.8) is 0 Å². The highest BCUT2D eigenvalue weighted by atomic mass is 16.5. The summed E-state index contributed by atoms with van der Waals surface area (Å²) in [4.78, 5) is 72.6. The summed E-state index contributed by atoms with van der Waals surface area (Å²) in [7, 11) is 2.59. The molecule has 3 aromatic carbocycles. The van der Waals surface area contributed by atoms with Gasteiger partial charge in [-0.15, -0.1) is 0 Å². The van der Waals surface area contributed by atoms with Crippen molar-refractivity contribution in [2.75, 3.05) is 27.3 Å². The maximum Gasteiger partial charge on any atom is 0.407 e. The maximum absolute atomic E-state index is 14.0. The lowest BCUT2D eigenvalue weighted by molar-refractivity contribution is -0.135. The molecule has 3 aliphatic rings. The second-order valence-corrected chi connectivity index (χ2v) is 16.7. The van der Waals surface area contributed by atoms with Gasteiger partial charge in [-0.05, 0) is 78.2 Å². The van der Waals surface area contributed by atoms with Crippen LogP contribution < -0.4 is 10.6 Å². The average molecular weight is 839 g/mol. The highest BCUT2D eigenvalue weighted by molar-refractivity contribution is 5.88. The molecule has 8 rings (SSSR count). The first-order valence-corrected chi connectivity index (χ1v) is 21.4. The molecule has 14 heteroatoms. The van der Waals surface area contributed by atoms with Gasteiger partial charge in [-0.1, -0.05) is 97.9 Å². The van der Waals surface area contributed by atoms with Crippen LogP contribution in [0.15, 0.2) is 103 Å². The van der Waals surface area contributed by atoms with Gasteiger partial charge in [0.05, 0.1) is 50.1 Å². The predicted octanol–water partition coefficient (Wildman–Crippen LogP) is 7.72. The van der Waals surface area contributed by atoms with Crippen LogP contribution >= 0.6 is 0 Å². The minimum absolute atomic E-state index is 0.0582. The smallest absolute Gasteiger partial charge is 0.407 e. The van der Waals surface area contributed by atoms with Crippen LogP contribution in [0.4, 0.5) is 9.59 Å². The van der Waals surface area contributed by atoms with Crippen molar-refractivity contribution in [3.05, 3.63) is 137 Å². The van der Waals surface area contributed by atoms with E-state index >= 15 is 0 Å². The van der Waals surface area contributed by atoms with E-state index in [4.69, 9.17) is 19.4 Å². The van der Waals surface area contributed by atoms with Crippen molar-refractivity contribution in [3.8, 4) is 11.3 Å². The molecule has 2 fully saturated rings. The van der Waals surface area contributed by atoms with Gasteiger partial charge >= 0.3 is 12.2 Å². The van der Waals surface area contributed by atoms with E-state index in [1.165, 1.54) is 25.4 Å². The summed E-state index contributed by atoms with van der Waals surface area (Å²) in [6.45, 7) is 3.45. The number of imidazole rings is 2. The van der Waals surface area contributed by atoms with Crippen molar-refractivity contribution in [1.82, 2.24) is 40.4 Å². The number of methoxy groups -OCH3 is 2. The fourth-order valence-corrected chi connectivity index (χ4v) is 9.20. The van der Waals surface area contributed by atoms with Gasteiger partial charge in [0.1, 0.15) is 23.7 Å². The lowest BCUT2D eigenvalue weighted by Crippen LogP contribution is -2.49. The van der Waals surface area contributed by atoms with Crippen molar-refractivity contribution in [2.24, 2.45) is 0 Å². The molecule has 2 saturated heterocycles. The molecule has 0 spiro atoms. The van der Waals surface area contributed by atoms with Gasteiger partial charge in [0, 0.05) is 19.5 Å². The molecule has 4 N–H and O–H groups in total. The predicted molar refractivity (Wildman–Crippen MR) is 233 cm³/mol. The highest BCUT2D eigenvalue weighted by Crippen LogP contribution is 2.42. The lowest BCUT2D eigenvalue weighted by Gasteiger charge is -2.33. The molecule has 0 radical (unpaired) electrons. The van der Waals surface area contributed by atoms with E-state index in [0.717, 1.165) is 73.3 Å². The van der Waals surface area contributed by atoms with Crippen LogP contribution in [0.1, 0.15) is 104 Å². The number of aromatic amines is 2. The number of alkyl carbamates (subject to hydrolysis) is 2. The van der Waals surface area contributed by atoms with Crippen LogP contribution in [0, 0.1) is 0 Å². The zero-order valence-electron chi connectivity index (χ0n) is 35.4. The Hall–Kier alpha value is -6.70. The summed E-state index contributed by atoms with van der Waals surface area (Å²) in [6.07, 6.45) is 11.0. The van der Waals surface area contributed by atoms with Gasteiger partial charge < -0.3 is 39.9 Å². The minimum Gasteiger partial charge on any atom is -0.453 e. The van der Waals surface area contributed by atoms with Crippen LogP contribution in [0.5, 0.6) is 0 Å². The molecule has 0 saturated carbocycles. The molecule has 322 valence electrons. The number of amides is 4. The third-order valence-electron chi connectivity index (χ3n) is 12.8. The van der Waals surface area contributed by atoms with E-state index in [1.807, 2.05) is 78.0 Å². The van der Waals surface area contributed by atoms with Gasteiger partial charge in [0.2, 0.25) is 5.91 Å². The van der Waals surface area contributed by atoms with E-state index in [1.54, 1.807) is 4.90 Å². The molecule has 1 aliphatic carbocycles. The highest BCUT2D eigenvalue weighted by Gasteiger charge is 2.39. The maximum atomic E-state index is 14.0. The number of hydrogen-bond donors (Lipinski definition) is 4. The van der Waals surface area contributed by atoms with E-state index in [9.17, 15) is 19.2 Å². The topological polar surface area (TPSA) is 175 Å². The molecular formula is C48H54N8O6. The third kappa shape index (κ3) is 9.00. The molecule has 2 aliphatic heterocycles. The number of rotatable bonds is 12. The van der Waals surface area contributed by atoms with Gasteiger partial charge in [0.25, 0.3) is 5.91 Å². The van der Waals surface area contributed by atoms with E-state index in [2.05, 4.69) is 57.9 Å². The lowest BCUT2D eigenvalue weighted by atomic mass is 9.71. The van der Waals surface area contributed by atoms with Crippen LogP contribution in [-0.2, 0) is 30.9 Å². The number of hydrogen-bond acceptors (Lipinski definition) is 8. The Bertz CT molecular complexity index is 2400. The number of likely N-dealkylation sites (tertiary alicyclic amines) is 2. The summed E-state index contributed by atoms with van der Waals surface area (Å²) in [6, 6.07) is 25.4. The van der Waals surface area contributed by atoms with Crippen molar-refractivity contribution in [1.29, 1.82) is 0 Å². The van der Waals surface area contributed by atoms with Gasteiger partial charge in [-0.3, -0.25) is 9.59 Å². The number of carbonyl (C=O) groups excluding carboxylic acids is 4. The number of benzene rings is 3. The average Bonchev–Trinajstić information content (AvgIpc) is 4.16. The zero-order valence-corrected chi connectivity index (χ0v) is 35.4. The Morgan fingerprint density at radius 3 is 1.95 bits per heavy atom. The van der Waals surface area contributed by atoms with E-state index in [0.29, 0.717) is 30.9 Å². The standard InChI is InChI=1S/C48H54N8O6/c1-48(24-22-33(23-25-48)38-30-50-42(52-38)39-16-10-26-55(39)44(57)36(53-46(59)61-2)28-31-12-6-4-7-13-31)35-20-18-32(19-21-35)37-29-49-43(51-37)40-17-11-27-56(40)45(58)41(54-47(60)62-3)34-14-8-5-9-15-34/h4-9,12-15,18-22,29-30,36,39-41H,10-11,16-17,23-28H2,1-3H3,(H,49,51)(H,50,52)(H,53,59)(H,54,60)/t36-,39+,40+,41-,48?/m1/s1. The zero-order chi connectivity index (χ0) is 43.2. The minimum atomic E-state index is -0.877. The van der Waals surface area contributed by atoms with Crippen LogP contribution in [0.3, 0.4) is 0 Å². The summed E-state index contributed by atoms with van der Waals surface area (Å²) >= 11 is 0. The SMILES string of the molecule is COC(=O)N[C@H](Cc1ccccc1)C(=O)N1CCC[C@H]1c1ncc(C2=CCC(C)(c3ccc(-c4cnc([C@@H]5CCCN5C(=O)[C@H](NC(=O)OC)c5ccccc5)[nH]4)cc3)CC2)[nH]1. The first kappa shape index (κ1) is 42.0. The number of aromatic nitrogens is 4. The molecule has 2 aromatic heterocycles. The second-order valence-electron chi connectivity index (χ2n) is 16.7. The Morgan fingerprint density at radius 1 is 0.758 bits per heavy atom. The van der Waals surface area contributed by atoms with E-state index in [-0.39, 0.29) is 29.3 Å². The van der Waals surface area contributed by atoms with Gasteiger partial charge in [-0.25, -0.2) is 19.6 Å². The second kappa shape index (κ2) is 18.5. The molecule has 62 heavy (non-hydrogen) atoms. The fraction of sp³-hybridized carbons (Fsp3) is 0.375. The molecule has 4 heterocycles. The van der Waals surface area contributed by atoms with Crippen molar-refractivity contribution >= 4 is 29.6 Å². The quantitative estimate of drug-likeness (QED) is 0.0989. The Balaban J connectivity index is 0.911. The monoisotopic (exact) mass is 838 g/mol. The van der Waals surface area contributed by atoms with Gasteiger partial charge in [-0.2, -0.15) is 0 Å². The number of H-pyrrole nitrogens is 2. The van der Waals surface area contributed by atoms with Crippen LogP contribution in [0.2, 0.25) is 0 Å². The Kier molecular flexibility index (Phi) is 12.5. The molecule has 0 bridgehead atoms. The molecule has 5 atom stereocenters. The Morgan fingerprint density at radius 2 is 1.34 bits per heavy atom. The van der Waals surface area contributed by atoms with Crippen LogP contribution in [-0.4, -0.2) is 87.1 Å². The number of ether oxygens (including phenoxy) is 2. The van der Waals surface area contributed by atoms with Crippen molar-refractivity contribution in [2.45, 2.75) is 87.9 Å². The first-order chi connectivity index (χ1) is 30.1. The molecular weight excluding hydrogens is 785 g/mol. The Labute approximate surface area is 361 Å². The largest absolute Gasteiger partial charge is 0.453 e. The summed E-state index contributed by atoms with van der Waals surface area (Å²) in [5.74, 6) is 1.12. The number of allylic oxidation sites excluding steroid dienone is 2. The molecule has 14 nitrogen and oxygen atoms in total. The summed E-state index contributed by atoms with van der Waals surface area (Å²) in [5.41, 5.74) is 6.89. The van der Waals surface area contributed by atoms with Crippen LogP contribution in [0.25, 0.3) is 16.8 Å². The van der Waals surface area contributed by atoms with Crippen molar-refractivity contribution < 1.29 is 28.7 Å². The van der Waals surface area contributed by atoms with E-state index < -0.39 is 24.3 Å². The fourth-order valence-electron chi connectivity index (χ4n) is 9.20. The summed E-state index contributed by atoms with van der Waals surface area (Å²) in [5, 5.41) is 5.49.